The minimum atomic E-state index is -0.472. The Balaban J connectivity index is 0.000000292. The number of hydrogen-bond donors (Lipinski definition) is 0. The van der Waals surface area contributed by atoms with Crippen LogP contribution in [0.1, 0.15) is 25.7 Å². The Kier molecular flexibility index (Phi) is 11.5. The zero-order chi connectivity index (χ0) is 8.36. The van der Waals surface area contributed by atoms with Gasteiger partial charge in [0.1, 0.15) is 0 Å². The van der Waals surface area contributed by atoms with Crippen molar-refractivity contribution in [2.75, 3.05) is 0 Å². The second kappa shape index (κ2) is 10.7. The van der Waals surface area contributed by atoms with Crippen molar-refractivity contribution in [3.63, 3.8) is 0 Å². The predicted molar refractivity (Wildman–Crippen MR) is 47.1 cm³/mol. The summed E-state index contributed by atoms with van der Waals surface area (Å²) in [6, 6.07) is 0. The molecule has 0 fully saturated rings. The van der Waals surface area contributed by atoms with Gasteiger partial charge in [-0.05, 0) is 0 Å². The van der Waals surface area contributed by atoms with E-state index in [2.05, 4.69) is 18.2 Å². The summed E-state index contributed by atoms with van der Waals surface area (Å²) in [5.74, 6) is 0. The summed E-state index contributed by atoms with van der Waals surface area (Å²) < 4.78 is 0. The van der Waals surface area contributed by atoms with E-state index in [0.717, 1.165) is 6.42 Å². The van der Waals surface area contributed by atoms with E-state index in [9.17, 15) is 0 Å². The van der Waals surface area contributed by atoms with Crippen LogP contribution in [0, 0.1) is 6.08 Å². The van der Waals surface area contributed by atoms with Gasteiger partial charge >= 0.3 is 35.3 Å². The molecule has 0 saturated heterocycles. The van der Waals surface area contributed by atoms with Crippen molar-refractivity contribution in [2.45, 2.75) is 25.7 Å². The average Bonchev–Trinajstić information content (AvgIpc) is 1.86. The van der Waals surface area contributed by atoms with Gasteiger partial charge in [-0.1, -0.05) is 19.3 Å². The summed E-state index contributed by atoms with van der Waals surface area (Å²) in [6.07, 6.45) is 14.5. The number of rotatable bonds is 0. The van der Waals surface area contributed by atoms with Gasteiger partial charge in [0.05, 0.1) is 0 Å². The van der Waals surface area contributed by atoms with E-state index >= 15 is 0 Å². The van der Waals surface area contributed by atoms with Gasteiger partial charge in [-0.2, -0.15) is 6.08 Å². The van der Waals surface area contributed by atoms with Crippen molar-refractivity contribution in [3.05, 3.63) is 24.3 Å². The van der Waals surface area contributed by atoms with Crippen molar-refractivity contribution < 1.29 is 16.5 Å². The zero-order valence-corrected chi connectivity index (χ0v) is 9.92. The van der Waals surface area contributed by atoms with Gasteiger partial charge in [-0.15, -0.1) is 6.42 Å². The number of hydrogen-bond acceptors (Lipinski definition) is 0. The van der Waals surface area contributed by atoms with Crippen LogP contribution in [0.2, 0.25) is 0 Å². The van der Waals surface area contributed by atoms with Crippen LogP contribution in [0.15, 0.2) is 18.2 Å². The molecule has 1 aliphatic rings. The van der Waals surface area contributed by atoms with Crippen LogP contribution in [-0.4, -0.2) is 0 Å². The fourth-order valence-electron chi connectivity index (χ4n) is 0.805. The first-order valence-electron chi connectivity index (χ1n) is 3.46. The van der Waals surface area contributed by atoms with Crippen LogP contribution in [0.4, 0.5) is 0 Å². The van der Waals surface area contributed by atoms with Gasteiger partial charge < -0.3 is 0 Å². The standard InChI is InChI=1S/C8H11.2ClH.Pt/c1-2-4-6-8-7-5-3-1;;;/h1-3H,4,6-8H2;2*1H;/q-1;;;+2/p-2/b2-1-;;;. The van der Waals surface area contributed by atoms with E-state index < -0.39 is 16.5 Å². The van der Waals surface area contributed by atoms with Gasteiger partial charge in [0, 0.05) is 0 Å². The second-order valence-electron chi connectivity index (χ2n) is 2.09. The predicted octanol–water partition coefficient (Wildman–Crippen LogP) is 3.85. The molecule has 0 aromatic heterocycles. The van der Waals surface area contributed by atoms with Gasteiger partial charge in [0.15, 0.2) is 0 Å². The first-order chi connectivity index (χ1) is 5.41. The summed E-state index contributed by atoms with van der Waals surface area (Å²) in [4.78, 5) is 0. The molecule has 0 nitrogen and oxygen atoms in total. The van der Waals surface area contributed by atoms with E-state index in [-0.39, 0.29) is 0 Å². The Hall–Kier alpha value is 0.748. The summed E-state index contributed by atoms with van der Waals surface area (Å²) >= 11 is -0.472. The van der Waals surface area contributed by atoms with Crippen molar-refractivity contribution in [1.29, 1.82) is 0 Å². The molecular weight excluding hydrogens is 362 g/mol. The molecule has 68 valence electrons. The van der Waals surface area contributed by atoms with Crippen LogP contribution >= 0.6 is 18.8 Å². The third kappa shape index (κ3) is 10.7. The van der Waals surface area contributed by atoms with Crippen LogP contribution in [0.25, 0.3) is 0 Å². The zero-order valence-electron chi connectivity index (χ0n) is 6.13. The Morgan fingerprint density at radius 1 is 1.27 bits per heavy atom. The first-order valence-corrected chi connectivity index (χ1v) is 9.09. The fourth-order valence-corrected chi connectivity index (χ4v) is 0.805. The van der Waals surface area contributed by atoms with Crippen LogP contribution in [0.5, 0.6) is 0 Å². The quantitative estimate of drug-likeness (QED) is 0.566. The Morgan fingerprint density at radius 3 is 2.73 bits per heavy atom. The van der Waals surface area contributed by atoms with Crippen molar-refractivity contribution in [3.8, 4) is 0 Å². The van der Waals surface area contributed by atoms with Crippen molar-refractivity contribution in [2.24, 2.45) is 0 Å². The maximum absolute atomic E-state index is 4.88. The third-order valence-corrected chi connectivity index (χ3v) is 1.29. The monoisotopic (exact) mass is 372 g/mol. The van der Waals surface area contributed by atoms with Gasteiger partial charge in [-0.3, -0.25) is 6.08 Å². The van der Waals surface area contributed by atoms with E-state index in [4.69, 9.17) is 18.8 Å². The first kappa shape index (κ1) is 11.7. The molecule has 0 atom stereocenters. The fraction of sp³-hybridized carbons (Fsp3) is 0.500. The maximum atomic E-state index is 4.88. The number of halogens is 2. The van der Waals surface area contributed by atoms with E-state index in [0.29, 0.717) is 0 Å². The Morgan fingerprint density at radius 2 is 2.00 bits per heavy atom. The number of allylic oxidation sites excluding steroid dienone is 4. The summed E-state index contributed by atoms with van der Waals surface area (Å²) in [7, 11) is 9.75. The van der Waals surface area contributed by atoms with Gasteiger partial charge in [-0.25, -0.2) is 12.2 Å². The summed E-state index contributed by atoms with van der Waals surface area (Å²) in [5, 5.41) is 0. The molecule has 11 heavy (non-hydrogen) atoms. The molecule has 0 unspecified atom stereocenters. The molecule has 0 N–H and O–H groups in total. The molecule has 0 bridgehead atoms. The molecule has 0 radical (unpaired) electrons. The SMILES string of the molecule is [C-]1=C/C=C\CCCC1.[Cl][Pt][Cl]. The normalized spacial score (nSPS) is 19.5. The molecule has 0 aliphatic heterocycles. The molecule has 3 heteroatoms. The molecular formula is C8H11Cl2Pt-. The van der Waals surface area contributed by atoms with Gasteiger partial charge in [0.2, 0.25) is 0 Å². The molecule has 0 spiro atoms. The van der Waals surface area contributed by atoms with Crippen LogP contribution in [0.3, 0.4) is 0 Å². The third-order valence-electron chi connectivity index (χ3n) is 1.29. The minimum absolute atomic E-state index is 0.472. The molecule has 0 aromatic carbocycles. The molecule has 0 heterocycles. The van der Waals surface area contributed by atoms with E-state index in [1.165, 1.54) is 19.3 Å². The van der Waals surface area contributed by atoms with Crippen LogP contribution < -0.4 is 0 Å². The molecule has 0 aromatic rings. The summed E-state index contributed by atoms with van der Waals surface area (Å²) in [5.41, 5.74) is 0. The molecule has 1 aliphatic carbocycles. The van der Waals surface area contributed by atoms with E-state index in [1.54, 1.807) is 0 Å². The van der Waals surface area contributed by atoms with Crippen LogP contribution in [-0.2, 0) is 16.5 Å². The van der Waals surface area contributed by atoms with Crippen molar-refractivity contribution >= 4 is 18.8 Å². The average molecular weight is 373 g/mol. The van der Waals surface area contributed by atoms with Crippen molar-refractivity contribution in [1.82, 2.24) is 0 Å². The topological polar surface area (TPSA) is 0 Å². The second-order valence-corrected chi connectivity index (χ2v) is 5.37. The molecule has 1 rings (SSSR count). The van der Waals surface area contributed by atoms with Gasteiger partial charge in [0.25, 0.3) is 0 Å². The van der Waals surface area contributed by atoms with E-state index in [1.807, 2.05) is 6.08 Å². The molecule has 0 saturated carbocycles. The summed E-state index contributed by atoms with van der Waals surface area (Å²) in [6.45, 7) is 0. The molecule has 0 amide bonds. The Bertz CT molecular complexity index is 107. The Labute approximate surface area is 85.0 Å².